The second-order valence-corrected chi connectivity index (χ2v) is 7.28. The lowest BCUT2D eigenvalue weighted by Gasteiger charge is -2.38. The molecular weight excluding hydrogens is 286 g/mol. The molecule has 4 rings (SSSR count). The van der Waals surface area contributed by atoms with E-state index >= 15 is 0 Å². The molecule has 1 aromatic rings. The molecule has 1 aromatic carbocycles. The van der Waals surface area contributed by atoms with Crippen molar-refractivity contribution < 1.29 is 4.74 Å². The fourth-order valence-electron chi connectivity index (χ4n) is 4.64. The van der Waals surface area contributed by atoms with Gasteiger partial charge in [-0.15, -0.1) is 0 Å². The first-order valence-electron chi connectivity index (χ1n) is 8.86. The molecule has 4 heteroatoms. The normalized spacial score (nSPS) is 31.9. The summed E-state index contributed by atoms with van der Waals surface area (Å²) in [4.78, 5) is 5.22. The largest absolute Gasteiger partial charge is 0.379 e. The number of hydrogen-bond donors (Lipinski definition) is 0. The van der Waals surface area contributed by atoms with Crippen molar-refractivity contribution in [3.63, 3.8) is 0 Å². The number of nitriles is 1. The van der Waals surface area contributed by atoms with Crippen molar-refractivity contribution >= 4 is 0 Å². The summed E-state index contributed by atoms with van der Waals surface area (Å²) in [5.74, 6) is 1.43. The van der Waals surface area contributed by atoms with Crippen molar-refractivity contribution in [2.45, 2.75) is 25.4 Å². The van der Waals surface area contributed by atoms with E-state index < -0.39 is 0 Å². The van der Waals surface area contributed by atoms with E-state index in [1.54, 1.807) is 0 Å². The first-order valence-corrected chi connectivity index (χ1v) is 8.86. The summed E-state index contributed by atoms with van der Waals surface area (Å²) in [6.07, 6.45) is 2.69. The number of hydrogen-bond acceptors (Lipinski definition) is 4. The Morgan fingerprint density at radius 1 is 1.17 bits per heavy atom. The van der Waals surface area contributed by atoms with E-state index in [2.05, 4.69) is 21.9 Å². The van der Waals surface area contributed by atoms with E-state index in [1.807, 2.05) is 18.2 Å². The molecule has 0 spiro atoms. The van der Waals surface area contributed by atoms with Crippen LogP contribution in [0.1, 0.15) is 24.0 Å². The van der Waals surface area contributed by atoms with Gasteiger partial charge in [0.25, 0.3) is 0 Å². The number of benzene rings is 1. The quantitative estimate of drug-likeness (QED) is 0.857. The Bertz CT molecular complexity index is 591. The Balaban J connectivity index is 1.43. The van der Waals surface area contributed by atoms with Crippen molar-refractivity contribution in [3.8, 4) is 6.07 Å². The van der Waals surface area contributed by atoms with Crippen molar-refractivity contribution in [2.24, 2.45) is 11.8 Å². The molecule has 3 aliphatic rings. The Kier molecular flexibility index (Phi) is 4.35. The van der Waals surface area contributed by atoms with Crippen LogP contribution in [0.2, 0.25) is 0 Å². The first-order chi connectivity index (χ1) is 11.3. The summed E-state index contributed by atoms with van der Waals surface area (Å²) in [6, 6.07) is 10.9. The zero-order valence-electron chi connectivity index (χ0n) is 13.7. The maximum atomic E-state index is 9.06. The average Bonchev–Trinajstić information content (AvgIpc) is 3.23. The van der Waals surface area contributed by atoms with E-state index in [4.69, 9.17) is 10.00 Å². The lowest BCUT2D eigenvalue weighted by molar-refractivity contribution is -0.0308. The highest BCUT2D eigenvalue weighted by molar-refractivity contribution is 5.32. The van der Waals surface area contributed by atoms with Gasteiger partial charge in [0.05, 0.1) is 24.8 Å². The Morgan fingerprint density at radius 3 is 2.87 bits per heavy atom. The van der Waals surface area contributed by atoms with Crippen LogP contribution in [-0.4, -0.2) is 55.2 Å². The van der Waals surface area contributed by atoms with E-state index in [1.165, 1.54) is 38.0 Å². The van der Waals surface area contributed by atoms with Crippen LogP contribution in [0.3, 0.4) is 0 Å². The molecule has 3 heterocycles. The summed E-state index contributed by atoms with van der Waals surface area (Å²) in [5, 5.41) is 9.06. The average molecular weight is 311 g/mol. The molecule has 3 atom stereocenters. The van der Waals surface area contributed by atoms with E-state index in [0.29, 0.717) is 12.0 Å². The van der Waals surface area contributed by atoms with Crippen molar-refractivity contribution in [1.82, 2.24) is 9.80 Å². The van der Waals surface area contributed by atoms with Gasteiger partial charge in [-0.3, -0.25) is 9.80 Å². The fourth-order valence-corrected chi connectivity index (χ4v) is 4.64. The molecular formula is C19H25N3O. The van der Waals surface area contributed by atoms with Crippen molar-refractivity contribution in [2.75, 3.05) is 39.4 Å². The molecule has 0 saturated carbocycles. The van der Waals surface area contributed by atoms with Gasteiger partial charge in [-0.05, 0) is 49.5 Å². The lowest BCUT2D eigenvalue weighted by atomic mass is 9.87. The molecule has 0 bridgehead atoms. The predicted octanol–water partition coefficient (Wildman–Crippen LogP) is 2.10. The van der Waals surface area contributed by atoms with Gasteiger partial charge in [-0.1, -0.05) is 12.1 Å². The summed E-state index contributed by atoms with van der Waals surface area (Å²) < 4.78 is 5.93. The van der Waals surface area contributed by atoms with Gasteiger partial charge in [0.15, 0.2) is 0 Å². The molecule has 0 unspecified atom stereocenters. The molecule has 3 saturated heterocycles. The number of rotatable bonds is 3. The molecule has 0 amide bonds. The third kappa shape index (κ3) is 3.14. The third-order valence-corrected chi connectivity index (χ3v) is 5.75. The van der Waals surface area contributed by atoms with E-state index in [-0.39, 0.29) is 0 Å². The highest BCUT2D eigenvalue weighted by Crippen LogP contribution is 2.34. The molecule has 4 nitrogen and oxygen atoms in total. The number of likely N-dealkylation sites (tertiary alicyclic amines) is 2. The van der Waals surface area contributed by atoms with Crippen LogP contribution in [-0.2, 0) is 11.3 Å². The molecule has 3 fully saturated rings. The lowest BCUT2D eigenvalue weighted by Crippen LogP contribution is -2.49. The number of ether oxygens (including phenoxy) is 1. The smallest absolute Gasteiger partial charge is 0.0991 e. The maximum absolute atomic E-state index is 9.06. The topological polar surface area (TPSA) is 39.5 Å². The number of fused-ring (bicyclic) bond motifs is 1. The Labute approximate surface area is 138 Å². The van der Waals surface area contributed by atoms with E-state index in [9.17, 15) is 0 Å². The standard InChI is InChI=1S/C19H25N3O/c20-9-15-4-3-5-16(8-15)10-21-11-17-13-23-14-19(18(17)12-21)22-6-1-2-7-22/h3-5,8,17-19H,1-2,6-7,10-14H2/t17-,18-,19-/m0/s1. The third-order valence-electron chi connectivity index (χ3n) is 5.75. The minimum absolute atomic E-state index is 0.617. The van der Waals surface area contributed by atoms with Crippen molar-refractivity contribution in [1.29, 1.82) is 5.26 Å². The minimum atomic E-state index is 0.617. The monoisotopic (exact) mass is 311 g/mol. The maximum Gasteiger partial charge on any atom is 0.0991 e. The minimum Gasteiger partial charge on any atom is -0.379 e. The van der Waals surface area contributed by atoms with Gasteiger partial charge in [0.1, 0.15) is 0 Å². The highest BCUT2D eigenvalue weighted by Gasteiger charge is 2.43. The van der Waals surface area contributed by atoms with Crippen LogP contribution >= 0.6 is 0 Å². The Morgan fingerprint density at radius 2 is 2.04 bits per heavy atom. The summed E-state index contributed by atoms with van der Waals surface area (Å²) in [7, 11) is 0. The van der Waals surface area contributed by atoms with Crippen LogP contribution in [0.5, 0.6) is 0 Å². The summed E-state index contributed by atoms with van der Waals surface area (Å²) in [6.45, 7) is 7.60. The summed E-state index contributed by atoms with van der Waals surface area (Å²) >= 11 is 0. The van der Waals surface area contributed by atoms with Crippen LogP contribution in [0, 0.1) is 23.2 Å². The van der Waals surface area contributed by atoms with Gasteiger partial charge in [0.2, 0.25) is 0 Å². The zero-order valence-corrected chi connectivity index (χ0v) is 13.7. The first kappa shape index (κ1) is 15.1. The van der Waals surface area contributed by atoms with Crippen molar-refractivity contribution in [3.05, 3.63) is 35.4 Å². The highest BCUT2D eigenvalue weighted by atomic mass is 16.5. The molecule has 0 aromatic heterocycles. The number of nitrogens with zero attached hydrogens (tertiary/aromatic N) is 3. The van der Waals surface area contributed by atoms with Crippen LogP contribution in [0.4, 0.5) is 0 Å². The molecule has 0 aliphatic carbocycles. The molecule has 122 valence electrons. The zero-order chi connectivity index (χ0) is 15.6. The van der Waals surface area contributed by atoms with E-state index in [0.717, 1.165) is 37.8 Å². The second-order valence-electron chi connectivity index (χ2n) is 7.28. The van der Waals surface area contributed by atoms with Gasteiger partial charge in [-0.2, -0.15) is 5.26 Å². The van der Waals surface area contributed by atoms with Gasteiger partial charge < -0.3 is 4.74 Å². The Hall–Kier alpha value is -1.41. The molecule has 0 N–H and O–H groups in total. The molecule has 23 heavy (non-hydrogen) atoms. The van der Waals surface area contributed by atoms with Crippen LogP contribution in [0.25, 0.3) is 0 Å². The van der Waals surface area contributed by atoms with Gasteiger partial charge in [-0.25, -0.2) is 0 Å². The molecule has 0 radical (unpaired) electrons. The van der Waals surface area contributed by atoms with Crippen LogP contribution in [0.15, 0.2) is 24.3 Å². The fraction of sp³-hybridized carbons (Fsp3) is 0.632. The van der Waals surface area contributed by atoms with Gasteiger partial charge in [0, 0.05) is 31.6 Å². The summed E-state index contributed by atoms with van der Waals surface area (Å²) in [5.41, 5.74) is 2.01. The predicted molar refractivity (Wildman–Crippen MR) is 88.8 cm³/mol. The molecule has 3 aliphatic heterocycles. The SMILES string of the molecule is N#Cc1cccc(CN2C[C@H]3COC[C@H](N4CCCC4)[C@H]3C2)c1. The van der Waals surface area contributed by atoms with Crippen LogP contribution < -0.4 is 0 Å². The second kappa shape index (κ2) is 6.60. The van der Waals surface area contributed by atoms with Gasteiger partial charge >= 0.3 is 0 Å².